The SMILES string of the molecule is CCOP(=O)(CCn1cc(CNC(=O)CCCC[C@@H]2SC[C@@H]3NC(=O)N[C@@H]32)nn1)Oc1ccc([N+](=O)[O-])cc1. The third-order valence-corrected chi connectivity index (χ3v) is 9.75. The number of fused-ring (bicyclic) bond motifs is 1. The predicted octanol–water partition coefficient (Wildman–Crippen LogP) is 2.84. The van der Waals surface area contributed by atoms with Crippen LogP contribution in [0.3, 0.4) is 0 Å². The van der Waals surface area contributed by atoms with Gasteiger partial charge in [0.25, 0.3) is 5.69 Å². The Balaban J connectivity index is 1.16. The topological polar surface area (TPSA) is 180 Å². The summed E-state index contributed by atoms with van der Waals surface area (Å²) in [4.78, 5) is 34.0. The average Bonchev–Trinajstić information content (AvgIpc) is 3.61. The fourth-order valence-corrected chi connectivity index (χ4v) is 7.53. The van der Waals surface area contributed by atoms with Gasteiger partial charge in [-0.15, -0.1) is 5.10 Å². The second-order valence-electron chi connectivity index (χ2n) is 9.21. The van der Waals surface area contributed by atoms with E-state index in [9.17, 15) is 24.3 Å². The van der Waals surface area contributed by atoms with Crippen molar-refractivity contribution in [2.45, 2.75) is 63.0 Å². The first kappa shape index (κ1) is 28.8. The number of non-ortho nitro benzene ring substituents is 1. The van der Waals surface area contributed by atoms with Gasteiger partial charge in [0.1, 0.15) is 11.4 Å². The molecule has 3 N–H and O–H groups in total. The van der Waals surface area contributed by atoms with Crippen molar-refractivity contribution in [1.82, 2.24) is 30.9 Å². The van der Waals surface area contributed by atoms with Crippen LogP contribution in [0.1, 0.15) is 38.3 Å². The quantitative estimate of drug-likeness (QED) is 0.0931. The standard InChI is InChI=1S/C23H32N7O7PS/c1-2-36-38(35,37-18-9-7-17(8-10-18)30(33)34)12-11-29-14-16(27-28-29)13-24-21(31)6-4-3-5-20-22-19(15-39-20)25-23(32)26-22/h7-10,14,19-20,22H,2-6,11-13,15H2,1H3,(H,24,31)(H2,25,26,32)/t19-,20-,22-,38?/m0/s1. The molecule has 0 radical (unpaired) electrons. The molecule has 0 bridgehead atoms. The molecule has 1 aromatic carbocycles. The molecule has 2 aliphatic heterocycles. The normalized spacial score (nSPS) is 21.5. The highest BCUT2D eigenvalue weighted by molar-refractivity contribution is 8.00. The molecule has 4 rings (SSSR count). The minimum Gasteiger partial charge on any atom is -0.424 e. The van der Waals surface area contributed by atoms with Crippen molar-refractivity contribution < 1.29 is 28.1 Å². The molecular formula is C23H32N7O7PS. The number of carbonyl (C=O) groups excluding carboxylic acids is 2. The maximum atomic E-state index is 13.2. The number of urea groups is 1. The van der Waals surface area contributed by atoms with Crippen molar-refractivity contribution in [3.63, 3.8) is 0 Å². The summed E-state index contributed by atoms with van der Waals surface area (Å²) in [6.45, 7) is 2.27. The number of amides is 3. The second kappa shape index (κ2) is 13.3. The summed E-state index contributed by atoms with van der Waals surface area (Å²) in [7, 11) is -3.55. The van der Waals surface area contributed by atoms with Crippen LogP contribution in [0.4, 0.5) is 10.5 Å². The molecular weight excluding hydrogens is 549 g/mol. The zero-order valence-corrected chi connectivity index (χ0v) is 23.2. The van der Waals surface area contributed by atoms with Crippen molar-refractivity contribution >= 4 is 37.0 Å². The Morgan fingerprint density at radius 2 is 2.10 bits per heavy atom. The number of aryl methyl sites for hydroxylation is 1. The Morgan fingerprint density at radius 1 is 1.31 bits per heavy atom. The average molecular weight is 582 g/mol. The van der Waals surface area contributed by atoms with Gasteiger partial charge in [0, 0.05) is 29.6 Å². The monoisotopic (exact) mass is 581 g/mol. The Bertz CT molecular complexity index is 1210. The molecule has 2 aliphatic rings. The van der Waals surface area contributed by atoms with Gasteiger partial charge in [0.05, 0.1) is 49.1 Å². The molecule has 14 nitrogen and oxygen atoms in total. The summed E-state index contributed by atoms with van der Waals surface area (Å²) in [5.41, 5.74) is 0.457. The molecule has 2 aromatic rings. The number of nitrogens with zero attached hydrogens (tertiary/aromatic N) is 4. The van der Waals surface area contributed by atoms with E-state index in [2.05, 4.69) is 26.3 Å². The third kappa shape index (κ3) is 8.16. The van der Waals surface area contributed by atoms with E-state index in [0.717, 1.165) is 25.0 Å². The van der Waals surface area contributed by atoms with Gasteiger partial charge in [-0.25, -0.2) is 9.36 Å². The summed E-state index contributed by atoms with van der Waals surface area (Å²) in [5.74, 6) is 1.05. The summed E-state index contributed by atoms with van der Waals surface area (Å²) in [6, 6.07) is 5.56. The van der Waals surface area contributed by atoms with Gasteiger partial charge in [-0.2, -0.15) is 11.8 Å². The number of thioether (sulfide) groups is 1. The van der Waals surface area contributed by atoms with Crippen LogP contribution in [-0.2, 0) is 27.0 Å². The van der Waals surface area contributed by atoms with Crippen LogP contribution in [0.25, 0.3) is 0 Å². The Kier molecular flexibility index (Phi) is 9.81. The lowest BCUT2D eigenvalue weighted by Crippen LogP contribution is -2.36. The number of carbonyl (C=O) groups is 2. The highest BCUT2D eigenvalue weighted by Crippen LogP contribution is 2.48. The van der Waals surface area contributed by atoms with Crippen molar-refractivity contribution in [3.8, 4) is 5.75 Å². The summed E-state index contributed by atoms with van der Waals surface area (Å²) in [5, 5.41) is 28.0. The Morgan fingerprint density at radius 3 is 2.85 bits per heavy atom. The lowest BCUT2D eigenvalue weighted by Gasteiger charge is -2.18. The molecule has 39 heavy (non-hydrogen) atoms. The zero-order valence-electron chi connectivity index (χ0n) is 21.5. The number of hydrogen-bond donors (Lipinski definition) is 3. The molecule has 212 valence electrons. The van der Waals surface area contributed by atoms with Crippen LogP contribution in [0.15, 0.2) is 30.5 Å². The molecule has 3 heterocycles. The number of unbranched alkanes of at least 4 members (excludes halogenated alkanes) is 1. The smallest absolute Gasteiger partial charge is 0.381 e. The van der Waals surface area contributed by atoms with E-state index in [4.69, 9.17) is 9.05 Å². The number of aromatic nitrogens is 3. The van der Waals surface area contributed by atoms with Gasteiger partial charge in [-0.1, -0.05) is 11.6 Å². The number of nitro benzene ring substituents is 1. The van der Waals surface area contributed by atoms with Gasteiger partial charge in [-0.3, -0.25) is 19.6 Å². The van der Waals surface area contributed by atoms with E-state index >= 15 is 0 Å². The molecule has 2 fully saturated rings. The van der Waals surface area contributed by atoms with E-state index < -0.39 is 12.5 Å². The molecule has 4 atom stereocenters. The van der Waals surface area contributed by atoms with E-state index in [0.29, 0.717) is 17.4 Å². The maximum absolute atomic E-state index is 13.2. The second-order valence-corrected chi connectivity index (χ2v) is 12.6. The van der Waals surface area contributed by atoms with Crippen LogP contribution >= 0.6 is 19.4 Å². The minimum atomic E-state index is -3.55. The lowest BCUT2D eigenvalue weighted by molar-refractivity contribution is -0.384. The molecule has 1 unspecified atom stereocenters. The van der Waals surface area contributed by atoms with E-state index in [1.54, 1.807) is 13.1 Å². The number of hydrogen-bond acceptors (Lipinski definition) is 10. The van der Waals surface area contributed by atoms with Crippen LogP contribution < -0.4 is 20.5 Å². The minimum absolute atomic E-state index is 0.00755. The lowest BCUT2D eigenvalue weighted by atomic mass is 10.0. The highest BCUT2D eigenvalue weighted by Gasteiger charge is 2.42. The Hall–Kier alpha value is -3.16. The Labute approximate surface area is 229 Å². The summed E-state index contributed by atoms with van der Waals surface area (Å²) < 4.78 is 25.6. The molecule has 16 heteroatoms. The molecule has 0 saturated carbocycles. The van der Waals surface area contributed by atoms with E-state index in [1.807, 2.05) is 11.8 Å². The van der Waals surface area contributed by atoms with E-state index in [1.165, 1.54) is 28.9 Å². The maximum Gasteiger partial charge on any atom is 0.381 e. The van der Waals surface area contributed by atoms with Gasteiger partial charge in [-0.05, 0) is 31.9 Å². The van der Waals surface area contributed by atoms with Gasteiger partial charge in [0.15, 0.2) is 0 Å². The van der Waals surface area contributed by atoms with Crippen LogP contribution in [0, 0.1) is 10.1 Å². The van der Waals surface area contributed by atoms with Crippen LogP contribution in [-0.4, -0.2) is 67.7 Å². The van der Waals surface area contributed by atoms with Crippen LogP contribution in [0.5, 0.6) is 5.75 Å². The fourth-order valence-electron chi connectivity index (χ4n) is 4.43. The number of benzene rings is 1. The molecule has 0 spiro atoms. The van der Waals surface area contributed by atoms with Crippen molar-refractivity contribution in [1.29, 1.82) is 0 Å². The highest BCUT2D eigenvalue weighted by atomic mass is 32.2. The first-order chi connectivity index (χ1) is 18.7. The predicted molar refractivity (Wildman–Crippen MR) is 144 cm³/mol. The van der Waals surface area contributed by atoms with E-state index in [-0.39, 0.29) is 61.3 Å². The van der Waals surface area contributed by atoms with Gasteiger partial charge < -0.3 is 25.0 Å². The van der Waals surface area contributed by atoms with Crippen LogP contribution in [0.2, 0.25) is 0 Å². The number of nitro groups is 1. The fraction of sp³-hybridized carbons (Fsp3) is 0.565. The van der Waals surface area contributed by atoms with Crippen molar-refractivity contribution in [2.75, 3.05) is 18.5 Å². The first-order valence-corrected chi connectivity index (χ1v) is 15.5. The van der Waals surface area contributed by atoms with Crippen molar-refractivity contribution in [3.05, 3.63) is 46.3 Å². The molecule has 1 aromatic heterocycles. The third-order valence-electron chi connectivity index (χ3n) is 6.35. The van der Waals surface area contributed by atoms with Gasteiger partial charge >= 0.3 is 13.6 Å². The molecule has 2 saturated heterocycles. The molecule has 0 aliphatic carbocycles. The summed E-state index contributed by atoms with van der Waals surface area (Å²) >= 11 is 1.86. The zero-order chi connectivity index (χ0) is 27.8. The number of nitrogens with one attached hydrogen (secondary N) is 3. The van der Waals surface area contributed by atoms with Gasteiger partial charge in [0.2, 0.25) is 5.91 Å². The molecule has 3 amide bonds. The van der Waals surface area contributed by atoms with Crippen molar-refractivity contribution in [2.24, 2.45) is 0 Å². The largest absolute Gasteiger partial charge is 0.424 e. The first-order valence-electron chi connectivity index (χ1n) is 12.8. The summed E-state index contributed by atoms with van der Waals surface area (Å²) in [6.07, 6.45) is 4.68. The number of rotatable bonds is 15.